The van der Waals surface area contributed by atoms with E-state index in [1.807, 2.05) is 13.8 Å². The maximum atomic E-state index is 11.2. The fraction of sp³-hybridized carbons (Fsp3) is 0.720. The first-order valence-corrected chi connectivity index (χ1v) is 10.7. The smallest absolute Gasteiger partial charge is 0.309 e. The van der Waals surface area contributed by atoms with Crippen molar-refractivity contribution < 1.29 is 9.90 Å². The predicted molar refractivity (Wildman–Crippen MR) is 117 cm³/mol. The van der Waals surface area contributed by atoms with Crippen LogP contribution in [0.15, 0.2) is 12.1 Å². The zero-order valence-corrected chi connectivity index (χ0v) is 18.9. The Morgan fingerprint density at radius 3 is 1.67 bits per heavy atom. The number of hydrogen-bond donors (Lipinski definition) is 1. The van der Waals surface area contributed by atoms with Gasteiger partial charge in [-0.3, -0.25) is 4.79 Å². The van der Waals surface area contributed by atoms with Crippen molar-refractivity contribution in [3.63, 3.8) is 0 Å². The van der Waals surface area contributed by atoms with Crippen LogP contribution < -0.4 is 0 Å². The first kappa shape index (κ1) is 23.7. The maximum Gasteiger partial charge on any atom is 0.309 e. The molecule has 0 aliphatic heterocycles. The predicted octanol–water partition coefficient (Wildman–Crippen LogP) is 7.28. The van der Waals surface area contributed by atoms with Crippen molar-refractivity contribution in [1.82, 2.24) is 0 Å². The van der Waals surface area contributed by atoms with Crippen LogP contribution in [0.4, 0.5) is 0 Å². The molecule has 0 atom stereocenters. The molecular weight excluding hydrogens is 332 g/mol. The number of aryl methyl sites for hydroxylation is 4. The number of unbranched alkanes of at least 4 members (excludes halogenated alkanes) is 3. The van der Waals surface area contributed by atoms with Crippen LogP contribution in [0.25, 0.3) is 0 Å². The van der Waals surface area contributed by atoms with Gasteiger partial charge in [0, 0.05) is 0 Å². The summed E-state index contributed by atoms with van der Waals surface area (Å²) >= 11 is 0. The van der Waals surface area contributed by atoms with Crippen LogP contribution in [0, 0.1) is 24.7 Å². The van der Waals surface area contributed by atoms with E-state index in [4.69, 9.17) is 0 Å². The minimum Gasteiger partial charge on any atom is -0.481 e. The molecule has 0 unspecified atom stereocenters. The topological polar surface area (TPSA) is 37.3 Å². The van der Waals surface area contributed by atoms with Crippen LogP contribution in [0.3, 0.4) is 0 Å². The van der Waals surface area contributed by atoms with Crippen molar-refractivity contribution in [3.05, 3.63) is 34.4 Å². The molecule has 0 bridgehead atoms. The molecule has 1 aromatic rings. The molecule has 27 heavy (non-hydrogen) atoms. The highest BCUT2D eigenvalue weighted by molar-refractivity contribution is 5.73. The molecule has 2 heteroatoms. The molecule has 0 spiro atoms. The van der Waals surface area contributed by atoms with Gasteiger partial charge in [-0.2, -0.15) is 0 Å². The molecule has 1 N–H and O–H groups in total. The Morgan fingerprint density at radius 1 is 0.778 bits per heavy atom. The van der Waals surface area contributed by atoms with Crippen molar-refractivity contribution >= 4 is 5.97 Å². The van der Waals surface area contributed by atoms with Gasteiger partial charge in [-0.15, -0.1) is 0 Å². The Morgan fingerprint density at radius 2 is 1.22 bits per heavy atom. The molecule has 0 fully saturated rings. The van der Waals surface area contributed by atoms with E-state index in [9.17, 15) is 9.90 Å². The minimum absolute atomic E-state index is 0.426. The highest BCUT2D eigenvalue weighted by Crippen LogP contribution is 2.26. The lowest BCUT2D eigenvalue weighted by molar-refractivity contribution is -0.147. The van der Waals surface area contributed by atoms with E-state index >= 15 is 0 Å². The number of benzene rings is 1. The van der Waals surface area contributed by atoms with Crippen LogP contribution in [0.2, 0.25) is 0 Å². The Kier molecular flexibility index (Phi) is 9.05. The van der Waals surface area contributed by atoms with Crippen molar-refractivity contribution in [1.29, 1.82) is 0 Å². The molecule has 0 radical (unpaired) electrons. The normalized spacial score (nSPS) is 12.4. The van der Waals surface area contributed by atoms with Crippen LogP contribution in [0.1, 0.15) is 102 Å². The summed E-state index contributed by atoms with van der Waals surface area (Å²) in [6.45, 7) is 15.0. The summed E-state index contributed by atoms with van der Waals surface area (Å²) < 4.78 is 0. The third kappa shape index (κ3) is 8.95. The van der Waals surface area contributed by atoms with E-state index < -0.39 is 11.4 Å². The van der Waals surface area contributed by atoms with Gasteiger partial charge in [-0.25, -0.2) is 0 Å². The Balaban J connectivity index is 2.55. The molecule has 0 heterocycles. The highest BCUT2D eigenvalue weighted by atomic mass is 16.4. The molecule has 0 saturated carbocycles. The largest absolute Gasteiger partial charge is 0.481 e. The molecule has 0 aromatic heterocycles. The molecule has 1 aromatic carbocycles. The Hall–Kier alpha value is -1.31. The fourth-order valence-corrected chi connectivity index (χ4v) is 3.54. The van der Waals surface area contributed by atoms with E-state index in [1.54, 1.807) is 0 Å². The lowest BCUT2D eigenvalue weighted by Crippen LogP contribution is -2.23. The summed E-state index contributed by atoms with van der Waals surface area (Å²) in [4.78, 5) is 11.2. The quantitative estimate of drug-likeness (QED) is 0.413. The third-order valence-electron chi connectivity index (χ3n) is 5.77. The van der Waals surface area contributed by atoms with E-state index in [0.29, 0.717) is 5.41 Å². The standard InChI is InChI=1S/C25H42O2/c1-19-17-21(13-9-8-11-16-25(6,7)23(26)27)22(18-20(19)2)14-10-12-15-24(3,4)5/h17-18H,8-16H2,1-7H3,(H,26,27). The van der Waals surface area contributed by atoms with E-state index in [-0.39, 0.29) is 0 Å². The molecule has 0 aliphatic carbocycles. The monoisotopic (exact) mass is 374 g/mol. The average Bonchev–Trinajstić information content (AvgIpc) is 2.53. The minimum atomic E-state index is -0.686. The van der Waals surface area contributed by atoms with Crippen molar-refractivity contribution in [2.75, 3.05) is 0 Å². The molecule has 1 rings (SSSR count). The summed E-state index contributed by atoms with van der Waals surface area (Å²) in [5, 5.41) is 9.22. The molecule has 0 saturated heterocycles. The fourth-order valence-electron chi connectivity index (χ4n) is 3.54. The Labute approximate surface area is 167 Å². The first-order valence-electron chi connectivity index (χ1n) is 10.7. The summed E-state index contributed by atoms with van der Waals surface area (Å²) in [5.74, 6) is -0.686. The van der Waals surface area contributed by atoms with Crippen LogP contribution in [-0.2, 0) is 17.6 Å². The van der Waals surface area contributed by atoms with Gasteiger partial charge in [-0.05, 0) is 93.9 Å². The number of aliphatic carboxylic acids is 1. The second-order valence-corrected chi connectivity index (χ2v) is 10.2. The van der Waals surface area contributed by atoms with E-state index in [0.717, 1.165) is 32.1 Å². The van der Waals surface area contributed by atoms with Crippen LogP contribution >= 0.6 is 0 Å². The second kappa shape index (κ2) is 10.3. The van der Waals surface area contributed by atoms with Gasteiger partial charge in [0.2, 0.25) is 0 Å². The van der Waals surface area contributed by atoms with E-state index in [2.05, 4.69) is 46.8 Å². The SMILES string of the molecule is Cc1cc(CCCCCC(C)(C)C(=O)O)c(CCCCC(C)(C)C)cc1C. The summed E-state index contributed by atoms with van der Waals surface area (Å²) in [6, 6.07) is 4.78. The average molecular weight is 375 g/mol. The molecule has 154 valence electrons. The zero-order valence-electron chi connectivity index (χ0n) is 18.9. The van der Waals surface area contributed by atoms with E-state index in [1.165, 1.54) is 47.9 Å². The first-order chi connectivity index (χ1) is 12.4. The Bertz CT molecular complexity index is 605. The van der Waals surface area contributed by atoms with Gasteiger partial charge < -0.3 is 5.11 Å². The molecule has 0 aliphatic rings. The summed E-state index contributed by atoms with van der Waals surface area (Å²) in [5.41, 5.74) is 5.64. The van der Waals surface area contributed by atoms with Gasteiger partial charge in [0.05, 0.1) is 5.41 Å². The number of hydrogen-bond acceptors (Lipinski definition) is 1. The zero-order chi connectivity index (χ0) is 20.7. The number of rotatable bonds is 11. The molecule has 0 amide bonds. The third-order valence-corrected chi connectivity index (χ3v) is 5.77. The van der Waals surface area contributed by atoms with Gasteiger partial charge in [0.25, 0.3) is 0 Å². The lowest BCUT2D eigenvalue weighted by Gasteiger charge is -2.19. The molecule has 2 nitrogen and oxygen atoms in total. The van der Waals surface area contributed by atoms with Crippen molar-refractivity contribution in [3.8, 4) is 0 Å². The number of carbonyl (C=O) groups is 1. The molecular formula is C25H42O2. The summed E-state index contributed by atoms with van der Waals surface area (Å²) in [7, 11) is 0. The summed E-state index contributed by atoms with van der Waals surface area (Å²) in [6.07, 6.45) is 10.1. The lowest BCUT2D eigenvalue weighted by atomic mass is 9.86. The van der Waals surface area contributed by atoms with Crippen LogP contribution in [-0.4, -0.2) is 11.1 Å². The maximum absolute atomic E-state index is 11.2. The highest BCUT2D eigenvalue weighted by Gasteiger charge is 2.25. The van der Waals surface area contributed by atoms with Gasteiger partial charge in [0.15, 0.2) is 0 Å². The van der Waals surface area contributed by atoms with Crippen molar-refractivity contribution in [2.24, 2.45) is 10.8 Å². The van der Waals surface area contributed by atoms with Gasteiger partial charge >= 0.3 is 5.97 Å². The van der Waals surface area contributed by atoms with Gasteiger partial charge in [-0.1, -0.05) is 52.2 Å². The second-order valence-electron chi connectivity index (χ2n) is 10.2. The number of carboxylic acid groups (broad SMARTS) is 1. The van der Waals surface area contributed by atoms with Crippen LogP contribution in [0.5, 0.6) is 0 Å². The van der Waals surface area contributed by atoms with Gasteiger partial charge in [0.1, 0.15) is 0 Å². The number of carboxylic acids is 1. The van der Waals surface area contributed by atoms with Crippen molar-refractivity contribution in [2.45, 2.75) is 106 Å².